The van der Waals surface area contributed by atoms with Gasteiger partial charge in [-0.15, -0.1) is 0 Å². The van der Waals surface area contributed by atoms with E-state index in [4.69, 9.17) is 10.8 Å². The molecule has 108 valence electrons. The van der Waals surface area contributed by atoms with Gasteiger partial charge in [-0.3, -0.25) is 4.79 Å². The van der Waals surface area contributed by atoms with E-state index in [1.165, 1.54) is 12.1 Å². The molecule has 0 saturated carbocycles. The Morgan fingerprint density at radius 1 is 1.14 bits per heavy atom. The molecule has 0 aliphatic carbocycles. The fourth-order valence-electron chi connectivity index (χ4n) is 1.82. The fourth-order valence-corrected chi connectivity index (χ4v) is 2.31. The van der Waals surface area contributed by atoms with Crippen LogP contribution >= 0.6 is 15.9 Å². The number of carboxylic acid groups (broad SMARTS) is 1. The molecular formula is C15H13BrN2O3. The number of benzene rings is 2. The highest BCUT2D eigenvalue weighted by Gasteiger charge is 2.16. The molecule has 4 N–H and O–H groups in total. The van der Waals surface area contributed by atoms with Gasteiger partial charge in [-0.25, -0.2) is 4.79 Å². The summed E-state index contributed by atoms with van der Waals surface area (Å²) >= 11 is 3.21. The molecule has 5 nitrogen and oxygen atoms in total. The first-order valence-electron chi connectivity index (χ1n) is 6.12. The third kappa shape index (κ3) is 3.90. The Kier molecular flexibility index (Phi) is 4.72. The highest BCUT2D eigenvalue weighted by molar-refractivity contribution is 9.10. The zero-order valence-corrected chi connectivity index (χ0v) is 12.5. The van der Waals surface area contributed by atoms with Gasteiger partial charge in [-0.1, -0.05) is 46.3 Å². The number of rotatable bonds is 4. The number of hydrogen-bond acceptors (Lipinski definition) is 3. The van der Waals surface area contributed by atoms with Gasteiger partial charge >= 0.3 is 5.97 Å². The zero-order chi connectivity index (χ0) is 15.4. The van der Waals surface area contributed by atoms with E-state index in [1.807, 2.05) is 6.07 Å². The lowest BCUT2D eigenvalue weighted by atomic mass is 10.1. The van der Waals surface area contributed by atoms with Gasteiger partial charge in [0.2, 0.25) is 5.91 Å². The van der Waals surface area contributed by atoms with Crippen LogP contribution in [0.2, 0.25) is 0 Å². The van der Waals surface area contributed by atoms with Crippen molar-refractivity contribution in [1.82, 2.24) is 0 Å². The highest BCUT2D eigenvalue weighted by Crippen LogP contribution is 2.21. The number of aromatic carboxylic acids is 1. The van der Waals surface area contributed by atoms with Gasteiger partial charge in [0.1, 0.15) is 6.04 Å². The number of amides is 1. The van der Waals surface area contributed by atoms with Crippen LogP contribution in [0.3, 0.4) is 0 Å². The molecule has 0 aliphatic heterocycles. The Hall–Kier alpha value is -2.18. The van der Waals surface area contributed by atoms with Crippen molar-refractivity contribution in [3.05, 3.63) is 64.1 Å². The van der Waals surface area contributed by atoms with E-state index in [9.17, 15) is 9.59 Å². The molecule has 1 atom stereocenters. The summed E-state index contributed by atoms with van der Waals surface area (Å²) in [5.74, 6) is -1.48. The molecule has 6 heteroatoms. The van der Waals surface area contributed by atoms with Crippen LogP contribution in [0.4, 0.5) is 5.69 Å². The molecular weight excluding hydrogens is 336 g/mol. The number of carbonyl (C=O) groups is 2. The molecule has 2 aromatic rings. The van der Waals surface area contributed by atoms with E-state index in [-0.39, 0.29) is 5.56 Å². The van der Waals surface area contributed by atoms with E-state index < -0.39 is 17.9 Å². The Balaban J connectivity index is 2.18. The van der Waals surface area contributed by atoms with Gasteiger partial charge in [0.25, 0.3) is 0 Å². The summed E-state index contributed by atoms with van der Waals surface area (Å²) in [4.78, 5) is 23.1. The van der Waals surface area contributed by atoms with Crippen molar-refractivity contribution in [3.63, 3.8) is 0 Å². The van der Waals surface area contributed by atoms with E-state index in [1.54, 1.807) is 30.3 Å². The summed E-state index contributed by atoms with van der Waals surface area (Å²) in [6.45, 7) is 0. The second-order valence-electron chi connectivity index (χ2n) is 4.41. The number of carboxylic acids is 1. The van der Waals surface area contributed by atoms with Crippen molar-refractivity contribution in [2.24, 2.45) is 5.73 Å². The van der Waals surface area contributed by atoms with Crippen molar-refractivity contribution >= 4 is 33.5 Å². The number of halogens is 1. The third-order valence-corrected chi connectivity index (χ3v) is 3.31. The summed E-state index contributed by atoms with van der Waals surface area (Å²) in [7, 11) is 0. The Labute approximate surface area is 129 Å². The first-order valence-corrected chi connectivity index (χ1v) is 6.92. The summed E-state index contributed by atoms with van der Waals surface area (Å²) in [5.41, 5.74) is 7.02. The minimum Gasteiger partial charge on any atom is -0.478 e. The van der Waals surface area contributed by atoms with E-state index in [0.29, 0.717) is 15.7 Å². The average molecular weight is 349 g/mol. The Morgan fingerprint density at radius 2 is 1.81 bits per heavy atom. The molecule has 2 rings (SSSR count). The topological polar surface area (TPSA) is 92.4 Å². The van der Waals surface area contributed by atoms with Gasteiger partial charge in [0, 0.05) is 10.2 Å². The van der Waals surface area contributed by atoms with E-state index in [0.717, 1.165) is 0 Å². The molecule has 0 unspecified atom stereocenters. The first-order chi connectivity index (χ1) is 9.97. The molecule has 21 heavy (non-hydrogen) atoms. The number of anilines is 1. The second-order valence-corrected chi connectivity index (χ2v) is 5.33. The highest BCUT2D eigenvalue weighted by atomic mass is 79.9. The van der Waals surface area contributed by atoms with E-state index in [2.05, 4.69) is 21.2 Å². The van der Waals surface area contributed by atoms with Crippen LogP contribution in [0.5, 0.6) is 0 Å². The van der Waals surface area contributed by atoms with Crippen LogP contribution in [0, 0.1) is 0 Å². The molecule has 0 aliphatic rings. The zero-order valence-electron chi connectivity index (χ0n) is 10.9. The molecule has 0 radical (unpaired) electrons. The normalized spacial score (nSPS) is 11.7. The lowest BCUT2D eigenvalue weighted by Gasteiger charge is -2.13. The van der Waals surface area contributed by atoms with Crippen LogP contribution < -0.4 is 11.1 Å². The summed E-state index contributed by atoms with van der Waals surface area (Å²) in [6.07, 6.45) is 0. The van der Waals surface area contributed by atoms with Gasteiger partial charge in [-0.2, -0.15) is 0 Å². The lowest BCUT2D eigenvalue weighted by molar-refractivity contribution is -0.117. The van der Waals surface area contributed by atoms with Crippen LogP contribution in [-0.2, 0) is 4.79 Å². The van der Waals surface area contributed by atoms with Crippen molar-refractivity contribution in [3.8, 4) is 0 Å². The van der Waals surface area contributed by atoms with Gasteiger partial charge in [0.05, 0.1) is 5.56 Å². The van der Waals surface area contributed by atoms with Crippen LogP contribution in [0.25, 0.3) is 0 Å². The quantitative estimate of drug-likeness (QED) is 0.791. The fraction of sp³-hybridized carbons (Fsp3) is 0.0667. The number of carbonyl (C=O) groups excluding carboxylic acids is 1. The van der Waals surface area contributed by atoms with Gasteiger partial charge in [0.15, 0.2) is 0 Å². The molecule has 0 bridgehead atoms. The van der Waals surface area contributed by atoms with Crippen molar-refractivity contribution < 1.29 is 14.7 Å². The maximum atomic E-state index is 12.1. The standard InChI is InChI=1S/C15H13BrN2O3/c16-11-6-10(15(20)21)7-12(8-11)18-14(19)13(17)9-4-2-1-3-5-9/h1-8,13H,17H2,(H,18,19)(H,20,21)/t13-/m0/s1. The summed E-state index contributed by atoms with van der Waals surface area (Å²) in [6, 6.07) is 12.6. The molecule has 0 fully saturated rings. The molecule has 0 saturated heterocycles. The van der Waals surface area contributed by atoms with Gasteiger partial charge < -0.3 is 16.2 Å². The van der Waals surface area contributed by atoms with Crippen molar-refractivity contribution in [2.45, 2.75) is 6.04 Å². The first kappa shape index (κ1) is 15.2. The number of hydrogen-bond donors (Lipinski definition) is 3. The molecule has 0 spiro atoms. The van der Waals surface area contributed by atoms with Crippen LogP contribution in [-0.4, -0.2) is 17.0 Å². The third-order valence-electron chi connectivity index (χ3n) is 2.85. The molecule has 0 aromatic heterocycles. The monoisotopic (exact) mass is 348 g/mol. The predicted molar refractivity (Wildman–Crippen MR) is 83.1 cm³/mol. The predicted octanol–water partition coefficient (Wildman–Crippen LogP) is 2.79. The largest absolute Gasteiger partial charge is 0.478 e. The lowest BCUT2D eigenvalue weighted by Crippen LogP contribution is -2.27. The Morgan fingerprint density at radius 3 is 2.43 bits per heavy atom. The minimum absolute atomic E-state index is 0.0768. The molecule has 1 amide bonds. The smallest absolute Gasteiger partial charge is 0.335 e. The second kappa shape index (κ2) is 6.51. The van der Waals surface area contributed by atoms with Crippen LogP contribution in [0.1, 0.15) is 22.0 Å². The van der Waals surface area contributed by atoms with Crippen molar-refractivity contribution in [1.29, 1.82) is 0 Å². The maximum absolute atomic E-state index is 12.1. The van der Waals surface area contributed by atoms with E-state index >= 15 is 0 Å². The maximum Gasteiger partial charge on any atom is 0.335 e. The number of nitrogens with one attached hydrogen (secondary N) is 1. The average Bonchev–Trinajstić information content (AvgIpc) is 2.46. The number of nitrogens with two attached hydrogens (primary N) is 1. The SMILES string of the molecule is N[C@H](C(=O)Nc1cc(Br)cc(C(=O)O)c1)c1ccccc1. The minimum atomic E-state index is -1.07. The molecule has 2 aromatic carbocycles. The summed E-state index contributed by atoms with van der Waals surface area (Å²) < 4.78 is 0.561. The van der Waals surface area contributed by atoms with Crippen LogP contribution in [0.15, 0.2) is 53.0 Å². The van der Waals surface area contributed by atoms with Crippen molar-refractivity contribution in [2.75, 3.05) is 5.32 Å². The molecule has 0 heterocycles. The summed E-state index contributed by atoms with van der Waals surface area (Å²) in [5, 5.41) is 11.6. The van der Waals surface area contributed by atoms with Gasteiger partial charge in [-0.05, 0) is 23.8 Å². The Bertz CT molecular complexity index is 674.